The van der Waals surface area contributed by atoms with E-state index in [0.717, 1.165) is 22.9 Å². The number of benzene rings is 2. The molecule has 3 atom stereocenters. The third-order valence-electron chi connectivity index (χ3n) is 4.79. The Hall–Kier alpha value is -3.37. The number of imide groups is 1. The van der Waals surface area contributed by atoms with Gasteiger partial charge >= 0.3 is 5.97 Å². The van der Waals surface area contributed by atoms with Crippen molar-refractivity contribution in [3.8, 4) is 11.5 Å². The van der Waals surface area contributed by atoms with Crippen LogP contribution in [-0.4, -0.2) is 45.5 Å². The van der Waals surface area contributed by atoms with Gasteiger partial charge in [0.05, 0.1) is 11.3 Å². The van der Waals surface area contributed by atoms with Crippen molar-refractivity contribution in [2.24, 2.45) is 5.73 Å². The summed E-state index contributed by atoms with van der Waals surface area (Å²) >= 11 is 0.996. The molecule has 3 unspecified atom stereocenters. The molecule has 0 bridgehead atoms. The Balaban J connectivity index is 1.52. The number of amides is 3. The zero-order chi connectivity index (χ0) is 23.3. The highest BCUT2D eigenvalue weighted by molar-refractivity contribution is 8.15. The number of aliphatic carboxylic acids is 1. The van der Waals surface area contributed by atoms with Crippen molar-refractivity contribution in [3.05, 3.63) is 59.7 Å². The molecule has 2 aromatic rings. The van der Waals surface area contributed by atoms with Crippen molar-refractivity contribution in [3.63, 3.8) is 0 Å². The Morgan fingerprint density at radius 2 is 1.66 bits per heavy atom. The highest BCUT2D eigenvalue weighted by Crippen LogP contribution is 2.26. The summed E-state index contributed by atoms with van der Waals surface area (Å²) < 4.78 is 5.81. The zero-order valence-electron chi connectivity index (χ0n) is 17.2. The predicted octanol–water partition coefficient (Wildman–Crippen LogP) is 1.83. The number of rotatable bonds is 9. The van der Waals surface area contributed by atoms with E-state index in [-0.39, 0.29) is 17.6 Å². The van der Waals surface area contributed by atoms with E-state index < -0.39 is 29.2 Å². The van der Waals surface area contributed by atoms with Crippen LogP contribution < -0.4 is 21.1 Å². The summed E-state index contributed by atoms with van der Waals surface area (Å²) in [4.78, 5) is 45.7. The highest BCUT2D eigenvalue weighted by Gasteiger charge is 2.31. The van der Waals surface area contributed by atoms with Gasteiger partial charge < -0.3 is 20.9 Å². The molecule has 2 aromatic carbocycles. The van der Waals surface area contributed by atoms with Crippen LogP contribution in [0.5, 0.6) is 11.5 Å². The normalized spacial score (nSPS) is 17.4. The summed E-state index contributed by atoms with van der Waals surface area (Å²) in [6.45, 7) is 1.37. The van der Waals surface area contributed by atoms with Crippen molar-refractivity contribution in [2.45, 2.75) is 37.1 Å². The number of nitrogens with one attached hydrogen (secondary N) is 2. The van der Waals surface area contributed by atoms with E-state index in [1.807, 2.05) is 12.1 Å². The van der Waals surface area contributed by atoms with Gasteiger partial charge in [-0.3, -0.25) is 24.5 Å². The summed E-state index contributed by atoms with van der Waals surface area (Å²) in [6, 6.07) is 12.4. The van der Waals surface area contributed by atoms with E-state index in [9.17, 15) is 19.2 Å². The van der Waals surface area contributed by atoms with Gasteiger partial charge in [0.1, 0.15) is 17.5 Å². The quantitative estimate of drug-likeness (QED) is 0.446. The van der Waals surface area contributed by atoms with Crippen LogP contribution in [0.15, 0.2) is 48.5 Å². The fourth-order valence-electron chi connectivity index (χ4n) is 2.99. The lowest BCUT2D eigenvalue weighted by Crippen LogP contribution is -2.48. The number of hydrogen-bond donors (Lipinski definition) is 4. The Kier molecular flexibility index (Phi) is 7.49. The molecular weight excluding hydrogens is 434 g/mol. The second-order valence-corrected chi connectivity index (χ2v) is 8.53. The molecule has 10 heteroatoms. The van der Waals surface area contributed by atoms with Crippen LogP contribution in [-0.2, 0) is 27.2 Å². The fourth-order valence-corrected chi connectivity index (χ4v) is 3.85. The summed E-state index contributed by atoms with van der Waals surface area (Å²) in [5, 5.41) is 12.7. The largest absolute Gasteiger partial charge is 0.480 e. The van der Waals surface area contributed by atoms with Crippen LogP contribution in [0.25, 0.3) is 0 Å². The summed E-state index contributed by atoms with van der Waals surface area (Å²) in [5.74, 6) is -0.722. The first kappa shape index (κ1) is 23.3. The van der Waals surface area contributed by atoms with E-state index >= 15 is 0 Å². The lowest BCUT2D eigenvalue weighted by atomic mass is 10.1. The van der Waals surface area contributed by atoms with Crippen LogP contribution in [0, 0.1) is 0 Å². The number of carboxylic acids is 1. The van der Waals surface area contributed by atoms with Gasteiger partial charge in [-0.25, -0.2) is 0 Å². The Labute approximate surface area is 188 Å². The summed E-state index contributed by atoms with van der Waals surface area (Å²) in [5.41, 5.74) is 7.59. The number of carbonyl (C=O) groups excluding carboxylic acids is 3. The van der Waals surface area contributed by atoms with E-state index in [1.165, 1.54) is 6.92 Å². The standard InChI is InChI=1S/C22H23N3O6S/c1-12(21(28)29)24-19(26)17(23)10-13-2-6-15(7-3-13)31-16-8-4-14(5-9-16)11-18-20(27)25-22(30)32-18/h2-9,12,17-18H,10-11,23H2,1H3,(H,24,26)(H,28,29)(H,25,27,30). The summed E-state index contributed by atoms with van der Waals surface area (Å²) in [6.07, 6.45) is 0.707. The van der Waals surface area contributed by atoms with Crippen LogP contribution in [0.2, 0.25) is 0 Å². The van der Waals surface area contributed by atoms with Crippen LogP contribution in [0.3, 0.4) is 0 Å². The van der Waals surface area contributed by atoms with Crippen molar-refractivity contribution in [2.75, 3.05) is 0 Å². The Bertz CT molecular complexity index is 1010. The number of hydrogen-bond acceptors (Lipinski definition) is 7. The molecule has 0 radical (unpaired) electrons. The van der Waals surface area contributed by atoms with Gasteiger partial charge in [-0.2, -0.15) is 0 Å². The number of carboxylic acid groups (broad SMARTS) is 1. The molecule has 0 aliphatic carbocycles. The van der Waals surface area contributed by atoms with Crippen LogP contribution in [0.1, 0.15) is 18.1 Å². The van der Waals surface area contributed by atoms with Crippen LogP contribution >= 0.6 is 11.8 Å². The van der Waals surface area contributed by atoms with Crippen molar-refractivity contribution >= 4 is 34.8 Å². The minimum Gasteiger partial charge on any atom is -0.480 e. The molecule has 1 fully saturated rings. The molecule has 1 heterocycles. The van der Waals surface area contributed by atoms with Crippen molar-refractivity contribution < 1.29 is 29.0 Å². The molecule has 3 rings (SSSR count). The average molecular weight is 458 g/mol. The minimum absolute atomic E-state index is 0.252. The SMILES string of the molecule is CC(NC(=O)C(N)Cc1ccc(Oc2ccc(CC3SC(=O)NC3=O)cc2)cc1)C(=O)O. The van der Waals surface area contributed by atoms with Gasteiger partial charge in [0, 0.05) is 0 Å². The second kappa shape index (κ2) is 10.3. The monoisotopic (exact) mass is 457 g/mol. The first-order valence-corrected chi connectivity index (χ1v) is 10.7. The third-order valence-corrected chi connectivity index (χ3v) is 5.77. The van der Waals surface area contributed by atoms with Gasteiger partial charge in [0.25, 0.3) is 5.24 Å². The van der Waals surface area contributed by atoms with E-state index in [2.05, 4.69) is 10.6 Å². The van der Waals surface area contributed by atoms with E-state index in [1.54, 1.807) is 36.4 Å². The molecule has 1 saturated heterocycles. The molecule has 9 nitrogen and oxygen atoms in total. The smallest absolute Gasteiger partial charge is 0.325 e. The number of nitrogens with two attached hydrogens (primary N) is 1. The first-order valence-electron chi connectivity index (χ1n) is 9.87. The molecule has 0 saturated carbocycles. The molecule has 5 N–H and O–H groups in total. The van der Waals surface area contributed by atoms with Crippen molar-refractivity contribution in [1.82, 2.24) is 10.6 Å². The maximum Gasteiger partial charge on any atom is 0.325 e. The molecular formula is C22H23N3O6S. The Morgan fingerprint density at radius 3 is 2.16 bits per heavy atom. The summed E-state index contributed by atoms with van der Waals surface area (Å²) in [7, 11) is 0. The van der Waals surface area contributed by atoms with Gasteiger partial charge in [-0.15, -0.1) is 0 Å². The first-order chi connectivity index (χ1) is 15.2. The van der Waals surface area contributed by atoms with Gasteiger partial charge in [-0.05, 0) is 55.2 Å². The molecule has 32 heavy (non-hydrogen) atoms. The predicted molar refractivity (Wildman–Crippen MR) is 118 cm³/mol. The number of carbonyl (C=O) groups is 4. The van der Waals surface area contributed by atoms with Crippen molar-refractivity contribution in [1.29, 1.82) is 0 Å². The number of ether oxygens (including phenoxy) is 1. The lowest BCUT2D eigenvalue weighted by molar-refractivity contribution is -0.141. The van der Waals surface area contributed by atoms with Gasteiger partial charge in [0.2, 0.25) is 11.8 Å². The Morgan fingerprint density at radius 1 is 1.09 bits per heavy atom. The third kappa shape index (κ3) is 6.32. The van der Waals surface area contributed by atoms with Gasteiger partial charge in [-0.1, -0.05) is 36.0 Å². The molecule has 0 spiro atoms. The zero-order valence-corrected chi connectivity index (χ0v) is 18.1. The fraction of sp³-hybridized carbons (Fsp3) is 0.273. The number of thioether (sulfide) groups is 1. The maximum absolute atomic E-state index is 12.0. The minimum atomic E-state index is -1.13. The molecule has 1 aliphatic heterocycles. The molecule has 0 aromatic heterocycles. The highest BCUT2D eigenvalue weighted by atomic mass is 32.2. The molecule has 168 valence electrons. The topological polar surface area (TPSA) is 148 Å². The van der Waals surface area contributed by atoms with E-state index in [0.29, 0.717) is 17.9 Å². The lowest BCUT2D eigenvalue weighted by Gasteiger charge is -2.15. The second-order valence-electron chi connectivity index (χ2n) is 7.36. The molecule has 3 amide bonds. The van der Waals surface area contributed by atoms with Crippen LogP contribution in [0.4, 0.5) is 4.79 Å². The maximum atomic E-state index is 12.0. The van der Waals surface area contributed by atoms with Gasteiger partial charge in [0.15, 0.2) is 0 Å². The average Bonchev–Trinajstić information content (AvgIpc) is 3.07. The van der Waals surface area contributed by atoms with E-state index in [4.69, 9.17) is 15.6 Å². The molecule has 1 aliphatic rings.